The van der Waals surface area contributed by atoms with Crippen molar-refractivity contribution in [2.24, 2.45) is 0 Å². The van der Waals surface area contributed by atoms with E-state index in [9.17, 15) is 14.4 Å². The van der Waals surface area contributed by atoms with Crippen LogP contribution in [0.3, 0.4) is 0 Å². The van der Waals surface area contributed by atoms with Crippen LogP contribution in [0.2, 0.25) is 5.02 Å². The van der Waals surface area contributed by atoms with E-state index < -0.39 is 29.7 Å². The molecule has 2 rings (SSSR count). The van der Waals surface area contributed by atoms with E-state index in [1.54, 1.807) is 31.7 Å². The fraction of sp³-hybridized carbons (Fsp3) is 0.516. The number of nitrogens with zero attached hydrogens (tertiary/aromatic N) is 1. The Balaban J connectivity index is 2.50. The summed E-state index contributed by atoms with van der Waals surface area (Å²) in [7, 11) is 0. The zero-order valence-electron chi connectivity index (χ0n) is 24.6. The largest absolute Gasteiger partial charge is 0.444 e. The number of anilines is 1. The fourth-order valence-electron chi connectivity index (χ4n) is 4.38. The second kappa shape index (κ2) is 15.9. The van der Waals surface area contributed by atoms with Gasteiger partial charge >= 0.3 is 6.09 Å². The molecule has 0 aliphatic carbocycles. The van der Waals surface area contributed by atoms with Gasteiger partial charge in [-0.25, -0.2) is 4.79 Å². The highest BCUT2D eigenvalue weighted by Gasteiger charge is 2.36. The maximum atomic E-state index is 14.1. The first-order valence-corrected chi connectivity index (χ1v) is 14.9. The van der Waals surface area contributed by atoms with Crippen LogP contribution in [0.5, 0.6) is 0 Å². The standard InChI is InChI=1S/C31H44ClN3O4S/c1-7-8-9-10-11-18-35(29(37)25(20-40)33-30(38)39-31(4,5)6)27(23-16-12-14-21(2)19-23)28(36)34-26-22(3)15-13-17-24(26)32/h12-17,19,25,27,40H,7-11,18,20H2,1-6H3,(H,33,38)(H,34,36). The lowest BCUT2D eigenvalue weighted by Crippen LogP contribution is -2.53. The topological polar surface area (TPSA) is 87.7 Å². The van der Waals surface area contributed by atoms with Crippen molar-refractivity contribution in [3.8, 4) is 0 Å². The van der Waals surface area contributed by atoms with Gasteiger partial charge in [0.15, 0.2) is 0 Å². The molecule has 2 aromatic rings. The summed E-state index contributed by atoms with van der Waals surface area (Å²) in [6.45, 7) is 11.5. The summed E-state index contributed by atoms with van der Waals surface area (Å²) >= 11 is 10.8. The van der Waals surface area contributed by atoms with Gasteiger partial charge < -0.3 is 20.3 Å². The Morgan fingerprint density at radius 3 is 2.30 bits per heavy atom. The number of hydrogen-bond donors (Lipinski definition) is 3. The molecule has 7 nitrogen and oxygen atoms in total. The Hall–Kier alpha value is -2.71. The van der Waals surface area contributed by atoms with Crippen LogP contribution >= 0.6 is 24.2 Å². The number of benzene rings is 2. The summed E-state index contributed by atoms with van der Waals surface area (Å²) in [5.41, 5.74) is 2.20. The molecule has 0 aromatic heterocycles. The fourth-order valence-corrected chi connectivity index (χ4v) is 4.90. The number of aryl methyl sites for hydroxylation is 2. The molecule has 0 aliphatic rings. The first-order chi connectivity index (χ1) is 18.9. The second-order valence-electron chi connectivity index (χ2n) is 11.1. The SMILES string of the molecule is CCCCCCCN(C(=O)C(CS)NC(=O)OC(C)(C)C)C(C(=O)Nc1c(C)cccc1Cl)c1cccc(C)c1. The van der Waals surface area contributed by atoms with E-state index in [0.717, 1.165) is 36.8 Å². The van der Waals surface area contributed by atoms with E-state index in [1.807, 2.05) is 50.2 Å². The normalized spacial score (nSPS) is 12.8. The number of unbranched alkanes of at least 4 members (excludes halogenated alkanes) is 4. The van der Waals surface area contributed by atoms with Gasteiger partial charge in [0.1, 0.15) is 17.7 Å². The number of carbonyl (C=O) groups excluding carboxylic acids is 3. The minimum atomic E-state index is -0.990. The van der Waals surface area contributed by atoms with E-state index in [2.05, 4.69) is 30.2 Å². The number of nitrogens with one attached hydrogen (secondary N) is 2. The van der Waals surface area contributed by atoms with Crippen molar-refractivity contribution in [2.45, 2.75) is 91.3 Å². The Kier molecular flexibility index (Phi) is 13.3. The molecule has 0 radical (unpaired) electrons. The summed E-state index contributed by atoms with van der Waals surface area (Å²) in [5, 5.41) is 6.04. The minimum absolute atomic E-state index is 0.0379. The van der Waals surface area contributed by atoms with Gasteiger partial charge in [0.05, 0.1) is 10.7 Å². The average Bonchev–Trinajstić information content (AvgIpc) is 2.87. The van der Waals surface area contributed by atoms with Crippen LogP contribution in [0, 0.1) is 13.8 Å². The van der Waals surface area contributed by atoms with Crippen LogP contribution in [0.1, 0.15) is 82.5 Å². The van der Waals surface area contributed by atoms with Gasteiger partial charge in [-0.3, -0.25) is 9.59 Å². The molecule has 9 heteroatoms. The van der Waals surface area contributed by atoms with Crippen LogP contribution < -0.4 is 10.6 Å². The number of para-hydroxylation sites is 1. The van der Waals surface area contributed by atoms with Crippen molar-refractivity contribution in [1.29, 1.82) is 0 Å². The molecule has 2 atom stereocenters. The minimum Gasteiger partial charge on any atom is -0.444 e. The van der Waals surface area contributed by atoms with Crippen molar-refractivity contribution in [3.05, 3.63) is 64.2 Å². The number of alkyl carbamates (subject to hydrolysis) is 1. The number of thiol groups is 1. The zero-order valence-corrected chi connectivity index (χ0v) is 26.2. The van der Waals surface area contributed by atoms with Crippen molar-refractivity contribution >= 4 is 47.8 Å². The first kappa shape index (κ1) is 33.5. The van der Waals surface area contributed by atoms with Crippen LogP contribution in [-0.2, 0) is 14.3 Å². The maximum absolute atomic E-state index is 14.1. The van der Waals surface area contributed by atoms with Gasteiger partial charge in [-0.2, -0.15) is 12.6 Å². The Morgan fingerprint density at radius 2 is 1.70 bits per heavy atom. The van der Waals surface area contributed by atoms with E-state index in [4.69, 9.17) is 16.3 Å². The molecule has 0 bridgehead atoms. The molecule has 2 unspecified atom stereocenters. The maximum Gasteiger partial charge on any atom is 0.408 e. The monoisotopic (exact) mass is 589 g/mol. The summed E-state index contributed by atoms with van der Waals surface area (Å²) in [6.07, 6.45) is 4.12. The quantitative estimate of drug-likeness (QED) is 0.169. The van der Waals surface area contributed by atoms with Gasteiger partial charge in [0, 0.05) is 12.3 Å². The van der Waals surface area contributed by atoms with Crippen molar-refractivity contribution in [2.75, 3.05) is 17.6 Å². The molecule has 0 heterocycles. The molecular weight excluding hydrogens is 546 g/mol. The summed E-state index contributed by atoms with van der Waals surface area (Å²) in [5.74, 6) is -0.760. The number of halogens is 1. The van der Waals surface area contributed by atoms with Crippen LogP contribution in [0.4, 0.5) is 10.5 Å². The lowest BCUT2D eigenvalue weighted by atomic mass is 10.00. The molecular formula is C31H44ClN3O4S. The predicted molar refractivity (Wildman–Crippen MR) is 166 cm³/mol. The predicted octanol–water partition coefficient (Wildman–Crippen LogP) is 7.26. The Labute approximate surface area is 249 Å². The molecule has 2 N–H and O–H groups in total. The Bertz CT molecular complexity index is 1130. The van der Waals surface area contributed by atoms with E-state index in [-0.39, 0.29) is 11.7 Å². The molecule has 0 saturated heterocycles. The van der Waals surface area contributed by atoms with Gasteiger partial charge in [-0.1, -0.05) is 86.2 Å². The van der Waals surface area contributed by atoms with Crippen molar-refractivity contribution < 1.29 is 19.1 Å². The number of carbonyl (C=O) groups is 3. The third-order valence-electron chi connectivity index (χ3n) is 6.35. The van der Waals surface area contributed by atoms with E-state index in [0.29, 0.717) is 29.2 Å². The average molecular weight is 590 g/mol. The molecule has 0 aliphatic heterocycles. The third kappa shape index (κ3) is 10.4. The van der Waals surface area contributed by atoms with Crippen molar-refractivity contribution in [3.63, 3.8) is 0 Å². The first-order valence-electron chi connectivity index (χ1n) is 13.9. The van der Waals surface area contributed by atoms with Gasteiger partial charge in [-0.05, 0) is 58.2 Å². The highest BCUT2D eigenvalue weighted by atomic mass is 35.5. The van der Waals surface area contributed by atoms with Crippen molar-refractivity contribution in [1.82, 2.24) is 10.2 Å². The number of hydrogen-bond acceptors (Lipinski definition) is 5. The molecule has 2 aromatic carbocycles. The molecule has 220 valence electrons. The lowest BCUT2D eigenvalue weighted by Gasteiger charge is -2.34. The van der Waals surface area contributed by atoms with Crippen LogP contribution in [0.15, 0.2) is 42.5 Å². The molecule has 3 amide bonds. The number of rotatable bonds is 13. The summed E-state index contributed by atoms with van der Waals surface area (Å²) in [6, 6.07) is 11.0. The van der Waals surface area contributed by atoms with Gasteiger partial charge in [-0.15, -0.1) is 0 Å². The van der Waals surface area contributed by atoms with Gasteiger partial charge in [0.25, 0.3) is 5.91 Å². The molecule has 40 heavy (non-hydrogen) atoms. The highest BCUT2D eigenvalue weighted by molar-refractivity contribution is 7.80. The highest BCUT2D eigenvalue weighted by Crippen LogP contribution is 2.30. The van der Waals surface area contributed by atoms with E-state index >= 15 is 0 Å². The number of amides is 3. The molecule has 0 spiro atoms. The summed E-state index contributed by atoms with van der Waals surface area (Å²) in [4.78, 5) is 42.3. The molecule has 0 fully saturated rings. The van der Waals surface area contributed by atoms with Gasteiger partial charge in [0.2, 0.25) is 5.91 Å². The molecule has 0 saturated carbocycles. The van der Waals surface area contributed by atoms with E-state index in [1.165, 1.54) is 0 Å². The van der Waals surface area contributed by atoms with Crippen LogP contribution in [0.25, 0.3) is 0 Å². The Morgan fingerprint density at radius 1 is 1.02 bits per heavy atom. The number of ether oxygens (including phenoxy) is 1. The second-order valence-corrected chi connectivity index (χ2v) is 11.8. The summed E-state index contributed by atoms with van der Waals surface area (Å²) < 4.78 is 5.39. The smallest absolute Gasteiger partial charge is 0.408 e. The zero-order chi connectivity index (χ0) is 29.9. The third-order valence-corrected chi connectivity index (χ3v) is 7.03. The lowest BCUT2D eigenvalue weighted by molar-refractivity contribution is -0.140. The van der Waals surface area contributed by atoms with Crippen LogP contribution in [-0.4, -0.2) is 46.7 Å².